The Labute approximate surface area is 199 Å². The number of amides is 2. The van der Waals surface area contributed by atoms with Crippen LogP contribution in [0.5, 0.6) is 0 Å². The number of carbonyl (C=O) groups excluding carboxylic acids is 2. The van der Waals surface area contributed by atoms with E-state index in [9.17, 15) is 14.4 Å². The first-order valence-corrected chi connectivity index (χ1v) is 12.1. The molecule has 2 aromatic rings. The van der Waals surface area contributed by atoms with Crippen LogP contribution in [0.15, 0.2) is 48.5 Å². The van der Waals surface area contributed by atoms with Crippen molar-refractivity contribution in [2.24, 2.45) is 0 Å². The van der Waals surface area contributed by atoms with Crippen molar-refractivity contribution in [2.45, 2.75) is 62.4 Å². The molecule has 34 heavy (non-hydrogen) atoms. The van der Waals surface area contributed by atoms with Crippen molar-refractivity contribution in [3.05, 3.63) is 59.7 Å². The zero-order chi connectivity index (χ0) is 23.7. The molecule has 2 aliphatic carbocycles. The summed E-state index contributed by atoms with van der Waals surface area (Å²) >= 11 is 0. The van der Waals surface area contributed by atoms with Gasteiger partial charge in [-0.3, -0.25) is 9.59 Å². The highest BCUT2D eigenvalue weighted by Gasteiger charge is 2.50. The van der Waals surface area contributed by atoms with E-state index in [4.69, 9.17) is 9.84 Å². The van der Waals surface area contributed by atoms with Gasteiger partial charge < -0.3 is 20.1 Å². The number of aliphatic carboxylic acids is 1. The Kier molecular flexibility index (Phi) is 6.02. The fourth-order valence-electron chi connectivity index (χ4n) is 5.72. The lowest BCUT2D eigenvalue weighted by Crippen LogP contribution is -2.64. The van der Waals surface area contributed by atoms with Crippen LogP contribution in [0.3, 0.4) is 0 Å². The molecule has 1 saturated heterocycles. The van der Waals surface area contributed by atoms with Crippen LogP contribution in [0, 0.1) is 0 Å². The molecule has 0 spiro atoms. The molecule has 2 amide bonds. The fourth-order valence-corrected chi connectivity index (χ4v) is 5.72. The van der Waals surface area contributed by atoms with Gasteiger partial charge in [0.1, 0.15) is 12.1 Å². The van der Waals surface area contributed by atoms with Gasteiger partial charge in [0.15, 0.2) is 0 Å². The number of hydrogen-bond acceptors (Lipinski definition) is 4. The summed E-state index contributed by atoms with van der Waals surface area (Å²) in [4.78, 5) is 39.1. The van der Waals surface area contributed by atoms with Gasteiger partial charge in [-0.25, -0.2) is 4.79 Å². The maximum atomic E-state index is 13.4. The van der Waals surface area contributed by atoms with Crippen LogP contribution in [0.2, 0.25) is 0 Å². The van der Waals surface area contributed by atoms with Crippen molar-refractivity contribution in [2.75, 3.05) is 13.2 Å². The van der Waals surface area contributed by atoms with Gasteiger partial charge in [0.25, 0.3) is 0 Å². The number of likely N-dealkylation sites (tertiary alicyclic amines) is 1. The molecule has 2 fully saturated rings. The molecule has 178 valence electrons. The molecule has 1 unspecified atom stereocenters. The summed E-state index contributed by atoms with van der Waals surface area (Å²) < 4.78 is 5.69. The second kappa shape index (κ2) is 9.12. The Bertz CT molecular complexity index is 1060. The van der Waals surface area contributed by atoms with Crippen molar-refractivity contribution in [1.29, 1.82) is 0 Å². The van der Waals surface area contributed by atoms with Gasteiger partial charge in [0.05, 0.1) is 0 Å². The first-order valence-electron chi connectivity index (χ1n) is 12.1. The molecule has 5 rings (SSSR count). The minimum atomic E-state index is -0.936. The quantitative estimate of drug-likeness (QED) is 0.640. The molecular formula is C27H30N2O5. The number of ether oxygens (including phenoxy) is 1. The van der Waals surface area contributed by atoms with Crippen molar-refractivity contribution < 1.29 is 24.2 Å². The van der Waals surface area contributed by atoms with Crippen LogP contribution < -0.4 is 5.32 Å². The molecule has 3 aliphatic rings. The van der Waals surface area contributed by atoms with Gasteiger partial charge in [0.2, 0.25) is 5.91 Å². The van der Waals surface area contributed by atoms with Gasteiger partial charge in [-0.15, -0.1) is 0 Å². The number of carboxylic acid groups (broad SMARTS) is 1. The molecule has 1 aliphatic heterocycles. The van der Waals surface area contributed by atoms with E-state index in [0.29, 0.717) is 25.8 Å². The summed E-state index contributed by atoms with van der Waals surface area (Å²) in [7, 11) is 0. The number of nitrogens with one attached hydrogen (secondary N) is 1. The van der Waals surface area contributed by atoms with Gasteiger partial charge >= 0.3 is 12.1 Å². The van der Waals surface area contributed by atoms with E-state index >= 15 is 0 Å². The van der Waals surface area contributed by atoms with Gasteiger partial charge in [0, 0.05) is 24.9 Å². The van der Waals surface area contributed by atoms with Crippen LogP contribution in [-0.2, 0) is 14.3 Å². The number of hydrogen-bond donors (Lipinski definition) is 2. The number of carboxylic acids is 1. The molecule has 1 saturated carbocycles. The molecule has 0 aromatic heterocycles. The smallest absolute Gasteiger partial charge is 0.408 e. The normalized spacial score (nSPS) is 20.2. The summed E-state index contributed by atoms with van der Waals surface area (Å²) in [5.41, 5.74) is 3.68. The Morgan fingerprint density at radius 2 is 1.65 bits per heavy atom. The zero-order valence-electron chi connectivity index (χ0n) is 19.2. The van der Waals surface area contributed by atoms with Crippen LogP contribution in [-0.4, -0.2) is 52.7 Å². The van der Waals surface area contributed by atoms with Crippen molar-refractivity contribution in [1.82, 2.24) is 10.2 Å². The first-order chi connectivity index (χ1) is 16.5. The number of alkyl carbamates (subject to hydrolysis) is 1. The van der Waals surface area contributed by atoms with Crippen LogP contribution in [0.25, 0.3) is 11.1 Å². The van der Waals surface area contributed by atoms with E-state index in [2.05, 4.69) is 29.6 Å². The van der Waals surface area contributed by atoms with Crippen LogP contribution in [0.1, 0.15) is 62.0 Å². The maximum Gasteiger partial charge on any atom is 0.408 e. The summed E-state index contributed by atoms with van der Waals surface area (Å²) in [6, 6.07) is 16.3. The molecule has 0 radical (unpaired) electrons. The average molecular weight is 463 g/mol. The van der Waals surface area contributed by atoms with Crippen molar-refractivity contribution in [3.8, 4) is 11.1 Å². The summed E-state index contributed by atoms with van der Waals surface area (Å²) in [6.07, 6.45) is 3.61. The van der Waals surface area contributed by atoms with E-state index in [1.165, 1.54) is 11.1 Å². The third-order valence-corrected chi connectivity index (χ3v) is 7.63. The van der Waals surface area contributed by atoms with Crippen LogP contribution in [0.4, 0.5) is 4.79 Å². The number of fused-ring (bicyclic) bond motifs is 3. The molecule has 2 aromatic carbocycles. The summed E-state index contributed by atoms with van der Waals surface area (Å²) in [5.74, 6) is -0.986. The average Bonchev–Trinajstić information content (AvgIpc) is 3.41. The van der Waals surface area contributed by atoms with E-state index in [1.807, 2.05) is 24.3 Å². The maximum absolute atomic E-state index is 13.4. The SMILES string of the molecule is O=C(O)CCC1CCCN1C(=O)C1(NC(=O)OCC2c3ccccc3-c3ccccc32)CCC1. The molecule has 0 bridgehead atoms. The Hall–Kier alpha value is -3.35. The molecule has 7 nitrogen and oxygen atoms in total. The third kappa shape index (κ3) is 4.04. The Morgan fingerprint density at radius 1 is 1.00 bits per heavy atom. The van der Waals surface area contributed by atoms with Crippen molar-refractivity contribution >= 4 is 18.0 Å². The van der Waals surface area contributed by atoms with Crippen molar-refractivity contribution in [3.63, 3.8) is 0 Å². The fraction of sp³-hybridized carbons (Fsp3) is 0.444. The topological polar surface area (TPSA) is 95.9 Å². The molecule has 7 heteroatoms. The zero-order valence-corrected chi connectivity index (χ0v) is 19.2. The van der Waals surface area contributed by atoms with Gasteiger partial charge in [-0.05, 0) is 60.8 Å². The van der Waals surface area contributed by atoms with E-state index < -0.39 is 17.6 Å². The largest absolute Gasteiger partial charge is 0.481 e. The highest BCUT2D eigenvalue weighted by molar-refractivity contribution is 5.91. The first kappa shape index (κ1) is 22.4. The highest BCUT2D eigenvalue weighted by Crippen LogP contribution is 2.44. The molecule has 2 N–H and O–H groups in total. The second-order valence-corrected chi connectivity index (χ2v) is 9.61. The molecule has 1 heterocycles. The monoisotopic (exact) mass is 462 g/mol. The minimum Gasteiger partial charge on any atom is -0.481 e. The number of carbonyl (C=O) groups is 3. The van der Waals surface area contributed by atoms with Crippen LogP contribution >= 0.6 is 0 Å². The summed E-state index contributed by atoms with van der Waals surface area (Å²) in [5, 5.41) is 11.9. The van der Waals surface area contributed by atoms with E-state index in [-0.39, 0.29) is 30.9 Å². The van der Waals surface area contributed by atoms with Gasteiger partial charge in [-0.1, -0.05) is 48.5 Å². The Balaban J connectivity index is 1.24. The van der Waals surface area contributed by atoms with Gasteiger partial charge in [-0.2, -0.15) is 0 Å². The van der Waals surface area contributed by atoms with E-state index in [0.717, 1.165) is 30.4 Å². The predicted octanol–water partition coefficient (Wildman–Crippen LogP) is 4.30. The molecular weight excluding hydrogens is 432 g/mol. The minimum absolute atomic E-state index is 0.0369. The standard InChI is InChI=1S/C27H30N2O5/c30-24(31)13-12-18-7-5-16-29(18)25(32)27(14-6-15-27)28-26(33)34-17-23-21-10-3-1-8-19(21)20-9-2-4-11-22(20)23/h1-4,8-11,18,23H,5-7,12-17H2,(H,28,33)(H,30,31). The lowest BCUT2D eigenvalue weighted by Gasteiger charge is -2.44. The Morgan fingerprint density at radius 3 is 2.24 bits per heavy atom. The lowest BCUT2D eigenvalue weighted by molar-refractivity contribution is -0.144. The number of rotatable bonds is 7. The highest BCUT2D eigenvalue weighted by atomic mass is 16.5. The van der Waals surface area contributed by atoms with E-state index in [1.54, 1.807) is 4.90 Å². The second-order valence-electron chi connectivity index (χ2n) is 9.61. The number of nitrogens with zero attached hydrogens (tertiary/aromatic N) is 1. The molecule has 1 atom stereocenters. The predicted molar refractivity (Wildman–Crippen MR) is 126 cm³/mol. The number of benzene rings is 2. The lowest BCUT2D eigenvalue weighted by atomic mass is 9.75. The summed E-state index contributed by atoms with van der Waals surface area (Å²) in [6.45, 7) is 0.812. The third-order valence-electron chi connectivity index (χ3n) is 7.63.